The molecule has 1 saturated heterocycles. The van der Waals surface area contributed by atoms with E-state index in [4.69, 9.17) is 13.9 Å². The molecule has 1 amide bonds. The summed E-state index contributed by atoms with van der Waals surface area (Å²) < 4.78 is 17.6. The molecule has 210 valence electrons. The number of anilines is 1. The molecule has 1 fully saturated rings. The van der Waals surface area contributed by atoms with E-state index >= 15 is 0 Å². The molecule has 0 radical (unpaired) electrons. The van der Waals surface area contributed by atoms with Crippen LogP contribution in [0.4, 0.5) is 5.69 Å². The Morgan fingerprint density at radius 2 is 1.84 bits per heavy atom. The maximum Gasteiger partial charge on any atom is 0.348 e. The normalized spacial score (nSPS) is 17.2. The number of nitrogens with zero attached hydrogens (tertiary/aromatic N) is 1. The third-order valence-electron chi connectivity index (χ3n) is 7.78. The molecule has 0 aliphatic carbocycles. The Bertz CT molecular complexity index is 1060. The number of unbranched alkanes of at least 4 members (excludes halogenated alkanes) is 2. The van der Waals surface area contributed by atoms with Gasteiger partial charge in [-0.25, -0.2) is 4.79 Å². The summed E-state index contributed by atoms with van der Waals surface area (Å²) in [5, 5.41) is 0.148. The number of rotatable bonds is 13. The summed E-state index contributed by atoms with van der Waals surface area (Å²) in [6.45, 7) is 14.6. The minimum Gasteiger partial charge on any atom is -0.465 e. The highest BCUT2D eigenvalue weighted by molar-refractivity contribution is 7.13. The zero-order chi connectivity index (χ0) is 27.9. The quantitative estimate of drug-likeness (QED) is 0.142. The highest BCUT2D eigenvalue weighted by atomic mass is 32.1. The van der Waals surface area contributed by atoms with Gasteiger partial charge in [-0.3, -0.25) is 4.79 Å². The minimum atomic E-state index is -1.93. The van der Waals surface area contributed by atoms with Gasteiger partial charge in [-0.05, 0) is 60.8 Å². The summed E-state index contributed by atoms with van der Waals surface area (Å²) in [5.74, 6) is -0.202. The average molecular weight is 560 g/mol. The molecule has 1 aliphatic rings. The molecule has 1 aromatic heterocycles. The monoisotopic (exact) mass is 559 g/mol. The van der Waals surface area contributed by atoms with Crippen LogP contribution >= 0.6 is 11.3 Å². The van der Waals surface area contributed by atoms with E-state index in [0.29, 0.717) is 24.5 Å². The summed E-state index contributed by atoms with van der Waals surface area (Å²) in [5.41, 5.74) is 2.10. The van der Waals surface area contributed by atoms with Crippen molar-refractivity contribution >= 4 is 37.2 Å². The highest BCUT2D eigenvalue weighted by Gasteiger charge is 2.39. The predicted molar refractivity (Wildman–Crippen MR) is 157 cm³/mol. The first-order valence-electron chi connectivity index (χ1n) is 13.8. The fraction of sp³-hybridized carbons (Fsp3) is 0.600. The Morgan fingerprint density at radius 1 is 1.13 bits per heavy atom. The molecule has 0 unspecified atom stereocenters. The van der Waals surface area contributed by atoms with Crippen LogP contribution in [0, 0.1) is 0 Å². The lowest BCUT2D eigenvalue weighted by Crippen LogP contribution is -2.41. The number of esters is 1. The standard InChI is InChI=1S/C30H45NO5SSi/c1-8-9-10-11-26(36-38(6,7)30(2,3)4)22-12-14-23(15-13-22)31-24(16-19-28(31)32)20-35-21-25-17-18-27(37-25)29(33)34-5/h12-15,17-18,24,26H,8-11,16,19-21H2,1-7H3/t24-,26+/m1/s1. The molecular formula is C30H45NO5SSi. The van der Waals surface area contributed by atoms with Crippen molar-refractivity contribution in [3.8, 4) is 0 Å². The molecule has 1 aromatic carbocycles. The van der Waals surface area contributed by atoms with Gasteiger partial charge < -0.3 is 18.8 Å². The Labute approximate surface area is 233 Å². The molecule has 0 bridgehead atoms. The molecular weight excluding hydrogens is 514 g/mol. The molecule has 0 N–H and O–H groups in total. The molecule has 2 heterocycles. The van der Waals surface area contributed by atoms with E-state index in [1.165, 1.54) is 36.9 Å². The summed E-state index contributed by atoms with van der Waals surface area (Å²) >= 11 is 1.37. The Hall–Kier alpha value is -2.00. The van der Waals surface area contributed by atoms with Crippen LogP contribution in [0.15, 0.2) is 36.4 Å². The maximum absolute atomic E-state index is 12.8. The fourth-order valence-electron chi connectivity index (χ4n) is 4.47. The van der Waals surface area contributed by atoms with Gasteiger partial charge in [-0.1, -0.05) is 59.1 Å². The van der Waals surface area contributed by atoms with Crippen LogP contribution in [0.1, 0.15) is 92.4 Å². The van der Waals surface area contributed by atoms with Gasteiger partial charge in [-0.2, -0.15) is 0 Å². The number of hydrogen-bond donors (Lipinski definition) is 0. The van der Waals surface area contributed by atoms with Gasteiger partial charge in [0.1, 0.15) is 4.88 Å². The van der Waals surface area contributed by atoms with Gasteiger partial charge in [0.05, 0.1) is 32.5 Å². The van der Waals surface area contributed by atoms with Crippen molar-refractivity contribution in [3.63, 3.8) is 0 Å². The predicted octanol–water partition coefficient (Wildman–Crippen LogP) is 7.89. The summed E-state index contributed by atoms with van der Waals surface area (Å²) in [7, 11) is -0.549. The van der Waals surface area contributed by atoms with Crippen LogP contribution in [-0.4, -0.2) is 40.0 Å². The average Bonchev–Trinajstić information content (AvgIpc) is 3.49. The van der Waals surface area contributed by atoms with Crippen molar-refractivity contribution in [2.75, 3.05) is 18.6 Å². The first-order chi connectivity index (χ1) is 18.0. The van der Waals surface area contributed by atoms with Gasteiger partial charge >= 0.3 is 5.97 Å². The zero-order valence-electron chi connectivity index (χ0n) is 24.2. The van der Waals surface area contributed by atoms with Crippen molar-refractivity contribution in [3.05, 3.63) is 51.7 Å². The van der Waals surface area contributed by atoms with Crippen molar-refractivity contribution in [2.24, 2.45) is 0 Å². The number of carbonyl (C=O) groups is 2. The smallest absolute Gasteiger partial charge is 0.348 e. The topological polar surface area (TPSA) is 65.1 Å². The summed E-state index contributed by atoms with van der Waals surface area (Å²) in [6, 6.07) is 12.1. The number of methoxy groups -OCH3 is 1. The lowest BCUT2D eigenvalue weighted by molar-refractivity contribution is -0.117. The van der Waals surface area contributed by atoms with Crippen LogP contribution in [0.3, 0.4) is 0 Å². The lowest BCUT2D eigenvalue weighted by atomic mass is 10.0. The zero-order valence-corrected chi connectivity index (χ0v) is 26.0. The number of amides is 1. The van der Waals surface area contributed by atoms with Crippen LogP contribution in [-0.2, 0) is 25.3 Å². The van der Waals surface area contributed by atoms with E-state index in [1.54, 1.807) is 6.07 Å². The van der Waals surface area contributed by atoms with Crippen LogP contribution in [0.2, 0.25) is 18.1 Å². The molecule has 0 spiro atoms. The fourth-order valence-corrected chi connectivity index (χ4v) is 6.65. The third-order valence-corrected chi connectivity index (χ3v) is 13.3. The molecule has 6 nitrogen and oxygen atoms in total. The second-order valence-electron chi connectivity index (χ2n) is 11.7. The SMILES string of the molecule is CCCCC[C@H](O[Si](C)(C)C(C)(C)C)c1ccc(N2C(=O)CC[C@@H]2COCc2ccc(C(=O)OC)s2)cc1. The van der Waals surface area contributed by atoms with E-state index in [-0.39, 0.29) is 29.1 Å². The molecule has 0 saturated carbocycles. The lowest BCUT2D eigenvalue weighted by Gasteiger charge is -2.39. The van der Waals surface area contributed by atoms with E-state index < -0.39 is 8.32 Å². The number of carbonyl (C=O) groups excluding carboxylic acids is 2. The van der Waals surface area contributed by atoms with Gasteiger partial charge in [0.2, 0.25) is 5.91 Å². The number of ether oxygens (including phenoxy) is 2. The van der Waals surface area contributed by atoms with Gasteiger partial charge in [0.25, 0.3) is 0 Å². The number of thiophene rings is 1. The van der Waals surface area contributed by atoms with E-state index in [2.05, 4.69) is 65.1 Å². The van der Waals surface area contributed by atoms with Crippen LogP contribution in [0.25, 0.3) is 0 Å². The second-order valence-corrected chi connectivity index (χ2v) is 17.6. The van der Waals surface area contributed by atoms with E-state index in [9.17, 15) is 9.59 Å². The van der Waals surface area contributed by atoms with Crippen molar-refractivity contribution in [1.29, 1.82) is 0 Å². The largest absolute Gasteiger partial charge is 0.465 e. The van der Waals surface area contributed by atoms with Crippen molar-refractivity contribution in [1.82, 2.24) is 0 Å². The number of hydrogen-bond acceptors (Lipinski definition) is 6. The van der Waals surface area contributed by atoms with Gasteiger partial charge in [0, 0.05) is 17.0 Å². The first-order valence-corrected chi connectivity index (χ1v) is 17.5. The Balaban J connectivity index is 1.67. The number of benzene rings is 1. The molecule has 38 heavy (non-hydrogen) atoms. The maximum atomic E-state index is 12.8. The van der Waals surface area contributed by atoms with Crippen molar-refractivity contribution < 1.29 is 23.5 Å². The van der Waals surface area contributed by atoms with Crippen LogP contribution < -0.4 is 4.90 Å². The first kappa shape index (κ1) is 30.5. The van der Waals surface area contributed by atoms with Gasteiger partial charge in [0.15, 0.2) is 8.32 Å². The summed E-state index contributed by atoms with van der Waals surface area (Å²) in [6.07, 6.45) is 5.92. The highest BCUT2D eigenvalue weighted by Crippen LogP contribution is 2.41. The minimum absolute atomic E-state index is 0.00257. The second kappa shape index (κ2) is 13.4. The third kappa shape index (κ3) is 7.78. The van der Waals surface area contributed by atoms with Crippen molar-refractivity contribution in [2.45, 2.75) is 103 Å². The molecule has 1 aliphatic heterocycles. The molecule has 8 heteroatoms. The van der Waals surface area contributed by atoms with Crippen LogP contribution in [0.5, 0.6) is 0 Å². The molecule has 2 aromatic rings. The Kier molecular flexibility index (Phi) is 10.7. The van der Waals surface area contributed by atoms with E-state index in [1.807, 2.05) is 11.0 Å². The Morgan fingerprint density at radius 3 is 2.47 bits per heavy atom. The molecule has 3 rings (SSSR count). The van der Waals surface area contributed by atoms with Gasteiger partial charge in [-0.15, -0.1) is 11.3 Å². The molecule has 2 atom stereocenters. The summed E-state index contributed by atoms with van der Waals surface area (Å²) in [4.78, 5) is 27.9. The van der Waals surface area contributed by atoms with E-state index in [0.717, 1.165) is 29.8 Å².